The number of rotatable bonds is 4. The Bertz CT molecular complexity index is 151. The second kappa shape index (κ2) is 5.54. The molecule has 0 unspecified atom stereocenters. The van der Waals surface area contributed by atoms with Gasteiger partial charge < -0.3 is 9.47 Å². The van der Waals surface area contributed by atoms with Gasteiger partial charge in [0.1, 0.15) is 0 Å². The van der Waals surface area contributed by atoms with Gasteiger partial charge in [0.15, 0.2) is 0 Å². The summed E-state index contributed by atoms with van der Waals surface area (Å²) in [5.41, 5.74) is 0. The van der Waals surface area contributed by atoms with Gasteiger partial charge in [-0.05, 0) is 7.05 Å². The van der Waals surface area contributed by atoms with E-state index in [4.69, 9.17) is 0 Å². The highest BCUT2D eigenvalue weighted by atomic mass is 16.5. The molecule has 0 aromatic heterocycles. The van der Waals surface area contributed by atoms with Crippen LogP contribution in [0.1, 0.15) is 0 Å². The van der Waals surface area contributed by atoms with Gasteiger partial charge in [0, 0.05) is 0 Å². The molecule has 0 atom stereocenters. The maximum absolute atomic E-state index is 10.7. The molecule has 0 amide bonds. The van der Waals surface area contributed by atoms with Crippen molar-refractivity contribution in [3.8, 4) is 0 Å². The number of esters is 2. The van der Waals surface area contributed by atoms with E-state index in [1.807, 2.05) is 0 Å². The van der Waals surface area contributed by atoms with E-state index < -0.39 is 0 Å². The Balaban J connectivity index is 3.66. The van der Waals surface area contributed by atoms with Crippen molar-refractivity contribution in [2.75, 3.05) is 34.4 Å². The van der Waals surface area contributed by atoms with Crippen molar-refractivity contribution in [3.05, 3.63) is 0 Å². The summed E-state index contributed by atoms with van der Waals surface area (Å²) in [6, 6.07) is 0. The maximum Gasteiger partial charge on any atom is 0.319 e. The summed E-state index contributed by atoms with van der Waals surface area (Å²) in [6.07, 6.45) is 0. The summed E-state index contributed by atoms with van der Waals surface area (Å²) in [7, 11) is 4.23. The van der Waals surface area contributed by atoms with Crippen LogP contribution in [0.5, 0.6) is 0 Å². The van der Waals surface area contributed by atoms with Crippen LogP contribution < -0.4 is 0 Å². The smallest absolute Gasteiger partial charge is 0.319 e. The van der Waals surface area contributed by atoms with Crippen LogP contribution in [0.3, 0.4) is 0 Å². The molecule has 0 fully saturated rings. The molecule has 0 aliphatic heterocycles. The van der Waals surface area contributed by atoms with Gasteiger partial charge in [-0.25, -0.2) is 0 Å². The van der Waals surface area contributed by atoms with E-state index in [9.17, 15) is 9.59 Å². The van der Waals surface area contributed by atoms with Gasteiger partial charge in [-0.3, -0.25) is 14.5 Å². The molecule has 0 spiro atoms. The Morgan fingerprint density at radius 1 is 1.08 bits per heavy atom. The summed E-state index contributed by atoms with van der Waals surface area (Å²) >= 11 is 0. The minimum atomic E-state index is -0.374. The van der Waals surface area contributed by atoms with Crippen molar-refractivity contribution in [2.45, 2.75) is 0 Å². The predicted molar refractivity (Wildman–Crippen MR) is 41.5 cm³/mol. The van der Waals surface area contributed by atoms with Gasteiger partial charge in [-0.15, -0.1) is 0 Å². The van der Waals surface area contributed by atoms with E-state index in [0.717, 1.165) is 0 Å². The van der Waals surface area contributed by atoms with Crippen molar-refractivity contribution in [3.63, 3.8) is 0 Å². The summed E-state index contributed by atoms with van der Waals surface area (Å²) in [4.78, 5) is 22.9. The average Bonchev–Trinajstić information content (AvgIpc) is 2.03. The van der Waals surface area contributed by atoms with E-state index >= 15 is 0 Å². The first-order valence-corrected chi connectivity index (χ1v) is 3.42. The molecule has 0 aliphatic carbocycles. The largest absolute Gasteiger partial charge is 0.468 e. The first-order chi connectivity index (χ1) is 5.60. The Labute approximate surface area is 71.2 Å². The van der Waals surface area contributed by atoms with Gasteiger partial charge in [0.2, 0.25) is 0 Å². The highest BCUT2D eigenvalue weighted by Crippen LogP contribution is 1.85. The number of carbonyl (C=O) groups excluding carboxylic acids is 2. The molecule has 5 nitrogen and oxygen atoms in total. The van der Waals surface area contributed by atoms with Crippen LogP contribution in [0.15, 0.2) is 0 Å². The van der Waals surface area contributed by atoms with Crippen LogP contribution in [0.25, 0.3) is 0 Å². The Morgan fingerprint density at radius 2 is 1.42 bits per heavy atom. The lowest BCUT2D eigenvalue weighted by atomic mass is 10.5. The van der Waals surface area contributed by atoms with Crippen molar-refractivity contribution >= 4 is 11.9 Å². The predicted octanol–water partition coefficient (Wildman–Crippen LogP) is -0.736. The molecule has 0 saturated carbocycles. The second-order valence-corrected chi connectivity index (χ2v) is 2.32. The van der Waals surface area contributed by atoms with Crippen LogP contribution in [0.2, 0.25) is 0 Å². The normalized spacial score (nSPS) is 9.67. The number of carbonyl (C=O) groups is 2. The Kier molecular flexibility index (Phi) is 5.03. The van der Waals surface area contributed by atoms with Gasteiger partial charge >= 0.3 is 11.9 Å². The molecule has 0 rings (SSSR count). The first-order valence-electron chi connectivity index (χ1n) is 3.42. The highest BCUT2D eigenvalue weighted by Gasteiger charge is 2.09. The third-order valence-corrected chi connectivity index (χ3v) is 1.25. The third-order valence-electron chi connectivity index (χ3n) is 1.25. The fourth-order valence-electron chi connectivity index (χ4n) is 0.626. The van der Waals surface area contributed by atoms with E-state index in [1.165, 1.54) is 19.1 Å². The molecule has 0 saturated heterocycles. The summed E-state index contributed by atoms with van der Waals surface area (Å²) in [5.74, 6) is -0.747. The maximum atomic E-state index is 10.7. The molecule has 0 bridgehead atoms. The van der Waals surface area contributed by atoms with Gasteiger partial charge in [0.05, 0.1) is 27.3 Å². The van der Waals surface area contributed by atoms with Crippen molar-refractivity contribution in [1.82, 2.24) is 4.90 Å². The Hall–Kier alpha value is -1.10. The fraction of sp³-hybridized carbons (Fsp3) is 0.714. The quantitative estimate of drug-likeness (QED) is 0.527. The lowest BCUT2D eigenvalue weighted by Gasteiger charge is -2.12. The fourth-order valence-corrected chi connectivity index (χ4v) is 0.626. The average molecular weight is 175 g/mol. The topological polar surface area (TPSA) is 55.8 Å². The number of likely N-dealkylation sites (N-methyl/N-ethyl adjacent to an activating group) is 1. The Morgan fingerprint density at radius 3 is 1.67 bits per heavy atom. The SMILES string of the molecule is COC(=O)CN(C)CC(=O)OC. The zero-order valence-electron chi connectivity index (χ0n) is 7.49. The molecule has 0 aromatic carbocycles. The number of methoxy groups -OCH3 is 2. The standard InChI is InChI=1S/C7H13NO4/c1-8(4-6(9)11-2)5-7(10)12-3/h4-5H2,1-3H3. The molecule has 0 aromatic rings. The molecular weight excluding hydrogens is 162 g/mol. The van der Waals surface area contributed by atoms with E-state index in [1.54, 1.807) is 7.05 Å². The van der Waals surface area contributed by atoms with Gasteiger partial charge in [-0.1, -0.05) is 0 Å². The van der Waals surface area contributed by atoms with E-state index in [2.05, 4.69) is 9.47 Å². The molecule has 12 heavy (non-hydrogen) atoms. The number of ether oxygens (including phenoxy) is 2. The van der Waals surface area contributed by atoms with Gasteiger partial charge in [0.25, 0.3) is 0 Å². The molecule has 70 valence electrons. The number of nitrogens with zero attached hydrogens (tertiary/aromatic N) is 1. The van der Waals surface area contributed by atoms with Crippen LogP contribution in [-0.4, -0.2) is 51.2 Å². The molecular formula is C7H13NO4. The van der Waals surface area contributed by atoms with Crippen molar-refractivity contribution < 1.29 is 19.1 Å². The zero-order chi connectivity index (χ0) is 9.56. The van der Waals surface area contributed by atoms with Gasteiger partial charge in [-0.2, -0.15) is 0 Å². The zero-order valence-corrected chi connectivity index (χ0v) is 7.49. The molecule has 0 N–H and O–H groups in total. The minimum Gasteiger partial charge on any atom is -0.468 e. The first kappa shape index (κ1) is 10.9. The van der Waals surface area contributed by atoms with Crippen molar-refractivity contribution in [1.29, 1.82) is 0 Å². The van der Waals surface area contributed by atoms with E-state index in [0.29, 0.717) is 0 Å². The molecule has 0 heterocycles. The molecule has 0 radical (unpaired) electrons. The summed E-state index contributed by atoms with van der Waals surface area (Å²) in [6.45, 7) is 0.178. The third kappa shape index (κ3) is 4.68. The van der Waals surface area contributed by atoms with Crippen LogP contribution >= 0.6 is 0 Å². The van der Waals surface area contributed by atoms with Crippen LogP contribution in [-0.2, 0) is 19.1 Å². The van der Waals surface area contributed by atoms with Crippen molar-refractivity contribution in [2.24, 2.45) is 0 Å². The number of hydrogen-bond donors (Lipinski definition) is 0. The lowest BCUT2D eigenvalue weighted by Crippen LogP contribution is -2.32. The summed E-state index contributed by atoms with van der Waals surface area (Å²) < 4.78 is 8.81. The van der Waals surface area contributed by atoms with Crippen LogP contribution in [0.4, 0.5) is 0 Å². The lowest BCUT2D eigenvalue weighted by molar-refractivity contribution is -0.144. The summed E-state index contributed by atoms with van der Waals surface area (Å²) in [5, 5.41) is 0. The number of hydrogen-bond acceptors (Lipinski definition) is 5. The molecule has 5 heteroatoms. The minimum absolute atomic E-state index is 0.0889. The van der Waals surface area contributed by atoms with Crippen LogP contribution in [0, 0.1) is 0 Å². The highest BCUT2D eigenvalue weighted by molar-refractivity contribution is 5.74. The molecule has 0 aliphatic rings. The second-order valence-electron chi connectivity index (χ2n) is 2.32. The monoisotopic (exact) mass is 175 g/mol. The van der Waals surface area contributed by atoms with E-state index in [-0.39, 0.29) is 25.0 Å².